The van der Waals surface area contributed by atoms with Crippen LogP contribution in [0.5, 0.6) is 0 Å². The number of nitrogens with two attached hydrogens (primary N) is 1. The number of amides is 2. The topological polar surface area (TPSA) is 171 Å². The third-order valence-electron chi connectivity index (χ3n) is 5.17. The fourth-order valence-electron chi connectivity index (χ4n) is 3.74. The van der Waals surface area contributed by atoms with Gasteiger partial charge in [-0.05, 0) is 0 Å². The SMILES string of the molecule is CO/N=C(\C(=O)N[C@@H]1C(=O)N2C(C(=O)[O-])=C(C[n+]3cc4sccn4c3)CS[C@H]12)c1nsc(N)n1. The molecule has 0 spiro atoms. The van der Waals surface area contributed by atoms with Crippen molar-refractivity contribution in [3.63, 3.8) is 0 Å². The van der Waals surface area contributed by atoms with Gasteiger partial charge < -0.3 is 25.8 Å². The van der Waals surface area contributed by atoms with E-state index in [9.17, 15) is 19.5 Å². The van der Waals surface area contributed by atoms with Gasteiger partial charge in [0.15, 0.2) is 5.13 Å². The monoisotopic (exact) mass is 520 g/mol. The van der Waals surface area contributed by atoms with Gasteiger partial charge in [0.2, 0.25) is 22.7 Å². The summed E-state index contributed by atoms with van der Waals surface area (Å²) in [5.41, 5.74) is 5.71. The summed E-state index contributed by atoms with van der Waals surface area (Å²) < 4.78 is 7.72. The van der Waals surface area contributed by atoms with Crippen LogP contribution in [0.15, 0.2) is 40.5 Å². The number of carbonyl (C=O) groups is 3. The van der Waals surface area contributed by atoms with Crippen molar-refractivity contribution in [3.05, 3.63) is 41.2 Å². The van der Waals surface area contributed by atoms with Gasteiger partial charge in [-0.25, -0.2) is 4.57 Å². The first-order chi connectivity index (χ1) is 16.4. The van der Waals surface area contributed by atoms with Crippen LogP contribution in [0.2, 0.25) is 0 Å². The van der Waals surface area contributed by atoms with Crippen molar-refractivity contribution in [1.82, 2.24) is 24.0 Å². The molecule has 2 aliphatic heterocycles. The summed E-state index contributed by atoms with van der Waals surface area (Å²) in [6.07, 6.45) is 5.65. The summed E-state index contributed by atoms with van der Waals surface area (Å²) in [6, 6.07) is -0.959. The number of hydrogen-bond acceptors (Lipinski definition) is 12. The number of nitrogens with one attached hydrogen (secondary N) is 1. The highest BCUT2D eigenvalue weighted by atomic mass is 32.2. The van der Waals surface area contributed by atoms with Gasteiger partial charge in [-0.3, -0.25) is 14.5 Å². The maximum absolute atomic E-state index is 12.9. The Labute approximate surface area is 203 Å². The molecule has 5 rings (SSSR count). The number of imidazole rings is 1. The molecule has 0 unspecified atom stereocenters. The number of thiazole rings is 1. The molecule has 34 heavy (non-hydrogen) atoms. The van der Waals surface area contributed by atoms with Gasteiger partial charge in [0.05, 0.1) is 11.7 Å². The van der Waals surface area contributed by atoms with Crippen molar-refractivity contribution >= 4 is 68.1 Å². The molecule has 1 saturated heterocycles. The number of carbonyl (C=O) groups excluding carboxylic acids is 3. The first-order valence-electron chi connectivity index (χ1n) is 9.71. The Kier molecular flexibility index (Phi) is 5.70. The quantitative estimate of drug-likeness (QED) is 0.157. The van der Waals surface area contributed by atoms with Crippen molar-refractivity contribution < 1.29 is 28.9 Å². The number of carboxylic acids is 1. The third kappa shape index (κ3) is 3.78. The number of nitrogen functional groups attached to an aromatic ring is 1. The van der Waals surface area contributed by atoms with Crippen molar-refractivity contribution in [2.45, 2.75) is 18.0 Å². The average Bonchev–Trinajstić information content (AvgIpc) is 3.51. The molecule has 3 N–H and O–H groups in total. The molecule has 0 aliphatic carbocycles. The summed E-state index contributed by atoms with van der Waals surface area (Å²) in [4.78, 5) is 48.5. The second-order valence-electron chi connectivity index (χ2n) is 7.24. The van der Waals surface area contributed by atoms with E-state index < -0.39 is 29.2 Å². The van der Waals surface area contributed by atoms with Crippen LogP contribution in [0.25, 0.3) is 4.83 Å². The molecule has 0 bridgehead atoms. The third-order valence-corrected chi connectivity index (χ3v) is 7.86. The van der Waals surface area contributed by atoms with E-state index >= 15 is 0 Å². The van der Waals surface area contributed by atoms with Gasteiger partial charge in [-0.2, -0.15) is 13.8 Å². The van der Waals surface area contributed by atoms with E-state index in [-0.39, 0.29) is 22.4 Å². The van der Waals surface area contributed by atoms with Gasteiger partial charge in [0.25, 0.3) is 11.8 Å². The number of rotatable bonds is 7. The number of aromatic nitrogens is 4. The number of nitrogens with zero attached hydrogens (tertiary/aromatic N) is 6. The number of β-lactam (4-membered cyclic amide) rings is 1. The minimum absolute atomic E-state index is 0.0381. The molecule has 1 fully saturated rings. The van der Waals surface area contributed by atoms with Crippen molar-refractivity contribution in [3.8, 4) is 0 Å². The van der Waals surface area contributed by atoms with Crippen LogP contribution >= 0.6 is 34.6 Å². The Balaban J connectivity index is 1.35. The maximum atomic E-state index is 12.9. The summed E-state index contributed by atoms with van der Waals surface area (Å²) in [5.74, 6) is -2.43. The fourth-order valence-corrected chi connectivity index (χ4v) is 6.27. The summed E-state index contributed by atoms with van der Waals surface area (Å²) in [6.45, 7) is 0.291. The highest BCUT2D eigenvalue weighted by Gasteiger charge is 2.53. The molecular formula is C18H16N8O5S3. The molecule has 3 aromatic rings. The summed E-state index contributed by atoms with van der Waals surface area (Å²) >= 11 is 3.79. The minimum atomic E-state index is -1.44. The Morgan fingerprint density at radius 3 is 2.97 bits per heavy atom. The zero-order valence-electron chi connectivity index (χ0n) is 17.4. The van der Waals surface area contributed by atoms with E-state index in [0.29, 0.717) is 17.9 Å². The molecule has 5 heterocycles. The Morgan fingerprint density at radius 2 is 2.29 bits per heavy atom. The maximum Gasteiger partial charge on any atom is 0.278 e. The van der Waals surface area contributed by atoms with E-state index in [1.165, 1.54) is 18.9 Å². The Bertz CT molecular complexity index is 1350. The second kappa shape index (κ2) is 8.69. The zero-order chi connectivity index (χ0) is 24.0. The molecule has 2 amide bonds. The lowest BCUT2D eigenvalue weighted by atomic mass is 10.0. The smallest absolute Gasteiger partial charge is 0.278 e. The molecule has 2 atom stereocenters. The van der Waals surface area contributed by atoms with Gasteiger partial charge in [-0.1, -0.05) is 16.5 Å². The molecule has 0 aromatic carbocycles. The number of thioether (sulfide) groups is 1. The fraction of sp³-hybridized carbons (Fsp3) is 0.278. The molecule has 176 valence electrons. The first kappa shape index (κ1) is 22.3. The number of anilines is 1. The van der Waals surface area contributed by atoms with E-state index in [4.69, 9.17) is 10.6 Å². The predicted octanol–water partition coefficient (Wildman–Crippen LogP) is -1.82. The number of aliphatic carboxylic acids is 1. The Hall–Kier alpha value is -3.50. The molecule has 13 nitrogen and oxygen atoms in total. The summed E-state index contributed by atoms with van der Waals surface area (Å²) in [7, 11) is 1.25. The number of fused-ring (bicyclic) bond motifs is 2. The number of oxime groups is 1. The minimum Gasteiger partial charge on any atom is -0.543 e. The van der Waals surface area contributed by atoms with E-state index in [0.717, 1.165) is 21.3 Å². The van der Waals surface area contributed by atoms with E-state index in [1.807, 2.05) is 33.1 Å². The van der Waals surface area contributed by atoms with Crippen LogP contribution in [0.3, 0.4) is 0 Å². The Morgan fingerprint density at radius 1 is 1.47 bits per heavy atom. The van der Waals surface area contributed by atoms with Gasteiger partial charge in [0.1, 0.15) is 37.5 Å². The predicted molar refractivity (Wildman–Crippen MR) is 120 cm³/mol. The molecule has 2 aliphatic rings. The lowest BCUT2D eigenvalue weighted by Crippen LogP contribution is -2.71. The highest BCUT2D eigenvalue weighted by molar-refractivity contribution is 8.00. The number of hydrogen-bond donors (Lipinski definition) is 2. The van der Waals surface area contributed by atoms with E-state index in [2.05, 4.69) is 19.8 Å². The van der Waals surface area contributed by atoms with Crippen LogP contribution in [-0.2, 0) is 25.8 Å². The van der Waals surface area contributed by atoms with Gasteiger partial charge >= 0.3 is 0 Å². The zero-order valence-corrected chi connectivity index (χ0v) is 19.9. The molecule has 16 heteroatoms. The lowest BCUT2D eigenvalue weighted by Gasteiger charge is -2.50. The summed E-state index contributed by atoms with van der Waals surface area (Å²) in [5, 5.41) is 19.7. The second-order valence-corrected chi connectivity index (χ2v) is 10.1. The van der Waals surface area contributed by atoms with Gasteiger partial charge in [0, 0.05) is 28.2 Å². The lowest BCUT2D eigenvalue weighted by molar-refractivity contribution is -0.687. The van der Waals surface area contributed by atoms with Crippen LogP contribution in [0.1, 0.15) is 5.82 Å². The largest absolute Gasteiger partial charge is 0.543 e. The van der Waals surface area contributed by atoms with Crippen molar-refractivity contribution in [1.29, 1.82) is 0 Å². The molecule has 0 radical (unpaired) electrons. The van der Waals surface area contributed by atoms with Crippen LogP contribution in [-0.4, -0.2) is 66.4 Å². The average molecular weight is 521 g/mol. The van der Waals surface area contributed by atoms with Crippen LogP contribution in [0.4, 0.5) is 5.13 Å². The first-order valence-corrected chi connectivity index (χ1v) is 12.4. The highest BCUT2D eigenvalue weighted by Crippen LogP contribution is 2.40. The molecular weight excluding hydrogens is 504 g/mol. The standard InChI is InChI=1S/C18H16N8O5S3/c1-31-22-10(13-21-18(19)34-23-13)14(27)20-11-15(28)26-12(17(29)30)8(6-33-16(11)26)4-24-5-9-25(7-24)2-3-32-9/h2-3,5,7,11,16H,4,6H2,1H3,(H3-,19,20,21,23,27,29,30)/b22-10-/t11-,16-/m1/s1. The van der Waals surface area contributed by atoms with Crippen molar-refractivity contribution in [2.24, 2.45) is 5.16 Å². The van der Waals surface area contributed by atoms with Crippen molar-refractivity contribution in [2.75, 3.05) is 18.6 Å². The molecule has 0 saturated carbocycles. The normalized spacial score (nSPS) is 20.3. The number of carboxylic acid groups (broad SMARTS) is 1. The van der Waals surface area contributed by atoms with Crippen LogP contribution in [0, 0.1) is 0 Å². The van der Waals surface area contributed by atoms with E-state index in [1.54, 1.807) is 11.3 Å². The molecule has 3 aromatic heterocycles. The van der Waals surface area contributed by atoms with Gasteiger partial charge in [-0.15, -0.1) is 11.8 Å². The van der Waals surface area contributed by atoms with Crippen LogP contribution < -0.4 is 20.7 Å².